The molecule has 0 unspecified atom stereocenters. The highest BCUT2D eigenvalue weighted by molar-refractivity contribution is 6.03. The molecule has 4 rings (SSSR count). The topological polar surface area (TPSA) is 126 Å². The number of nitrogens with two attached hydrogens (primary N) is 1. The second-order valence-corrected chi connectivity index (χ2v) is 8.16. The van der Waals surface area contributed by atoms with Crippen LogP contribution in [0.25, 0.3) is 11.0 Å². The lowest BCUT2D eigenvalue weighted by Crippen LogP contribution is -2.26. The maximum absolute atomic E-state index is 13.0. The number of benzene rings is 1. The third kappa shape index (κ3) is 5.23. The van der Waals surface area contributed by atoms with E-state index in [4.69, 9.17) is 15.2 Å². The van der Waals surface area contributed by atoms with Gasteiger partial charge in [0.2, 0.25) is 11.9 Å². The maximum atomic E-state index is 13.0. The van der Waals surface area contributed by atoms with Crippen molar-refractivity contribution < 1.29 is 19.1 Å². The van der Waals surface area contributed by atoms with Gasteiger partial charge in [0.1, 0.15) is 5.69 Å². The third-order valence-electron chi connectivity index (χ3n) is 5.69. The number of aryl methyl sites for hydroxylation is 3. The Morgan fingerprint density at radius 1 is 1.33 bits per heavy atom. The largest absolute Gasteiger partial charge is 0.379 e. The van der Waals surface area contributed by atoms with E-state index in [2.05, 4.69) is 15.4 Å². The summed E-state index contributed by atoms with van der Waals surface area (Å²) in [6.07, 6.45) is 2.89. The lowest BCUT2D eigenvalue weighted by Gasteiger charge is -2.22. The van der Waals surface area contributed by atoms with Gasteiger partial charge in [-0.1, -0.05) is 0 Å². The van der Waals surface area contributed by atoms with Crippen molar-refractivity contribution >= 4 is 28.8 Å². The zero-order valence-electron chi connectivity index (χ0n) is 19.0. The van der Waals surface area contributed by atoms with Gasteiger partial charge in [0.05, 0.1) is 29.4 Å². The number of nitrogens with zero attached hydrogens (tertiary/aromatic N) is 4. The Labute approximate surface area is 192 Å². The molecule has 1 saturated heterocycles. The number of carbonyl (C=O) groups excluding carboxylic acids is 2. The van der Waals surface area contributed by atoms with Crippen molar-refractivity contribution in [2.75, 3.05) is 25.1 Å². The number of carbonyl (C=O) groups is 2. The van der Waals surface area contributed by atoms with Crippen LogP contribution in [0, 0.1) is 6.92 Å². The van der Waals surface area contributed by atoms with Crippen LogP contribution in [0.2, 0.25) is 0 Å². The Kier molecular flexibility index (Phi) is 7.05. The fourth-order valence-electron chi connectivity index (χ4n) is 4.06. The van der Waals surface area contributed by atoms with Crippen LogP contribution in [0.15, 0.2) is 24.3 Å². The summed E-state index contributed by atoms with van der Waals surface area (Å²) in [5, 5.41) is 7.26. The average molecular weight is 455 g/mol. The van der Waals surface area contributed by atoms with Gasteiger partial charge in [-0.05, 0) is 57.4 Å². The second kappa shape index (κ2) is 10.1. The lowest BCUT2D eigenvalue weighted by molar-refractivity contribution is -0.0509. The minimum absolute atomic E-state index is 0.133. The summed E-state index contributed by atoms with van der Waals surface area (Å²) >= 11 is 0. The molecular formula is C23H30N6O4. The Morgan fingerprint density at radius 3 is 2.91 bits per heavy atom. The monoisotopic (exact) mass is 454 g/mol. The molecule has 3 N–H and O–H groups in total. The van der Waals surface area contributed by atoms with Crippen molar-refractivity contribution in [3.05, 3.63) is 41.2 Å². The van der Waals surface area contributed by atoms with E-state index >= 15 is 0 Å². The van der Waals surface area contributed by atoms with Crippen LogP contribution in [0.4, 0.5) is 5.95 Å². The first-order valence-corrected chi connectivity index (χ1v) is 11.3. The fourth-order valence-corrected chi connectivity index (χ4v) is 4.06. The summed E-state index contributed by atoms with van der Waals surface area (Å²) in [6.45, 7) is 6.95. The van der Waals surface area contributed by atoms with E-state index in [1.54, 1.807) is 28.9 Å². The predicted molar refractivity (Wildman–Crippen MR) is 123 cm³/mol. The molecule has 1 fully saturated rings. The van der Waals surface area contributed by atoms with Crippen molar-refractivity contribution in [3.63, 3.8) is 0 Å². The molecule has 3 heterocycles. The molecule has 0 radical (unpaired) electrons. The van der Waals surface area contributed by atoms with Crippen LogP contribution in [0.5, 0.6) is 0 Å². The summed E-state index contributed by atoms with van der Waals surface area (Å²) in [7, 11) is 0. The maximum Gasteiger partial charge on any atom is 0.276 e. The standard InChI is InChI=1S/C23H30N6O4/c1-3-29-20(12-15(2)27-29)22(31)26-23-25-18-13-16(21(24)30)7-8-19(18)28(23)9-5-11-33-17-6-4-10-32-14-17/h7-8,12-13,17H,3-6,9-11,14H2,1-2H3,(H2,24,30)(H,25,26,31)/t17-/m0/s1. The number of primary amides is 1. The van der Waals surface area contributed by atoms with Crippen molar-refractivity contribution in [1.82, 2.24) is 19.3 Å². The summed E-state index contributed by atoms with van der Waals surface area (Å²) < 4.78 is 15.0. The number of anilines is 1. The van der Waals surface area contributed by atoms with Gasteiger partial charge in [-0.15, -0.1) is 0 Å². The Balaban J connectivity index is 1.55. The van der Waals surface area contributed by atoms with Gasteiger partial charge in [-0.3, -0.25) is 19.6 Å². The van der Waals surface area contributed by atoms with Crippen LogP contribution < -0.4 is 11.1 Å². The minimum Gasteiger partial charge on any atom is -0.379 e. The lowest BCUT2D eigenvalue weighted by atomic mass is 10.2. The molecule has 176 valence electrons. The molecule has 33 heavy (non-hydrogen) atoms. The molecule has 1 aliphatic heterocycles. The molecule has 1 atom stereocenters. The zero-order valence-corrected chi connectivity index (χ0v) is 19.0. The SMILES string of the molecule is CCn1nc(C)cc1C(=O)Nc1nc2cc(C(N)=O)ccc2n1CCCO[C@H]1CCCOC1. The van der Waals surface area contributed by atoms with Crippen LogP contribution in [0.3, 0.4) is 0 Å². The van der Waals surface area contributed by atoms with Crippen molar-refractivity contribution in [2.45, 2.75) is 52.3 Å². The van der Waals surface area contributed by atoms with Gasteiger partial charge >= 0.3 is 0 Å². The van der Waals surface area contributed by atoms with Crippen molar-refractivity contribution in [3.8, 4) is 0 Å². The molecular weight excluding hydrogens is 424 g/mol. The van der Waals surface area contributed by atoms with Crippen molar-refractivity contribution in [1.29, 1.82) is 0 Å². The van der Waals surface area contributed by atoms with Crippen molar-refractivity contribution in [2.24, 2.45) is 5.73 Å². The Hall–Kier alpha value is -3.24. The zero-order chi connectivity index (χ0) is 23.4. The van der Waals surface area contributed by atoms with E-state index in [0.717, 1.165) is 37.1 Å². The number of rotatable bonds is 9. The summed E-state index contributed by atoms with van der Waals surface area (Å²) in [6, 6.07) is 6.85. The number of fused-ring (bicyclic) bond motifs is 1. The first-order chi connectivity index (χ1) is 16.0. The highest BCUT2D eigenvalue weighted by Crippen LogP contribution is 2.23. The molecule has 0 spiro atoms. The smallest absolute Gasteiger partial charge is 0.276 e. The van der Waals surface area contributed by atoms with E-state index in [-0.39, 0.29) is 12.0 Å². The molecule has 3 aromatic rings. The number of ether oxygens (including phenoxy) is 2. The van der Waals surface area contributed by atoms with E-state index in [1.165, 1.54) is 0 Å². The molecule has 1 aromatic carbocycles. The van der Waals surface area contributed by atoms with Gasteiger partial charge in [0.25, 0.3) is 5.91 Å². The van der Waals surface area contributed by atoms with Gasteiger partial charge in [0.15, 0.2) is 0 Å². The third-order valence-corrected chi connectivity index (χ3v) is 5.69. The van der Waals surface area contributed by atoms with Gasteiger partial charge in [-0.2, -0.15) is 5.10 Å². The summed E-state index contributed by atoms with van der Waals surface area (Å²) in [5.41, 5.74) is 8.42. The van der Waals surface area contributed by atoms with Crippen LogP contribution in [0.1, 0.15) is 52.7 Å². The average Bonchev–Trinajstić information content (AvgIpc) is 3.36. The highest BCUT2D eigenvalue weighted by Gasteiger charge is 2.19. The normalized spacial score (nSPS) is 16.2. The molecule has 2 aromatic heterocycles. The number of imidazole rings is 1. The minimum atomic E-state index is -0.526. The molecule has 10 heteroatoms. The summed E-state index contributed by atoms with van der Waals surface area (Å²) in [5.74, 6) is -0.415. The second-order valence-electron chi connectivity index (χ2n) is 8.16. The Morgan fingerprint density at radius 2 is 2.18 bits per heavy atom. The predicted octanol–water partition coefficient (Wildman–Crippen LogP) is 2.50. The number of amides is 2. The number of hydrogen-bond donors (Lipinski definition) is 2. The molecule has 0 aliphatic carbocycles. The molecule has 1 aliphatic rings. The van der Waals surface area contributed by atoms with E-state index < -0.39 is 5.91 Å². The van der Waals surface area contributed by atoms with E-state index in [9.17, 15) is 9.59 Å². The first kappa shape index (κ1) is 22.9. The molecule has 0 bridgehead atoms. The van der Waals surface area contributed by atoms with Crippen LogP contribution in [-0.2, 0) is 22.6 Å². The first-order valence-electron chi connectivity index (χ1n) is 11.3. The quantitative estimate of drug-likeness (QED) is 0.479. The van der Waals surface area contributed by atoms with Crippen LogP contribution in [-0.4, -0.2) is 57.1 Å². The highest BCUT2D eigenvalue weighted by atomic mass is 16.5. The Bertz CT molecular complexity index is 1150. The van der Waals surface area contributed by atoms with Crippen LogP contribution >= 0.6 is 0 Å². The number of aromatic nitrogens is 4. The summed E-state index contributed by atoms with van der Waals surface area (Å²) in [4.78, 5) is 29.2. The van der Waals surface area contributed by atoms with E-state index in [1.807, 2.05) is 18.4 Å². The number of nitrogens with one attached hydrogen (secondary N) is 1. The van der Waals surface area contributed by atoms with Gasteiger partial charge in [0, 0.05) is 31.9 Å². The van der Waals surface area contributed by atoms with E-state index in [0.29, 0.717) is 49.0 Å². The molecule has 0 saturated carbocycles. The van der Waals surface area contributed by atoms with Gasteiger partial charge < -0.3 is 19.8 Å². The number of hydrogen-bond acceptors (Lipinski definition) is 6. The molecule has 10 nitrogen and oxygen atoms in total. The molecule has 2 amide bonds. The fraction of sp³-hybridized carbons (Fsp3) is 0.478. The van der Waals surface area contributed by atoms with Gasteiger partial charge in [-0.25, -0.2) is 4.98 Å².